The summed E-state index contributed by atoms with van der Waals surface area (Å²) in [4.78, 5) is 16.2. The molecule has 0 bridgehead atoms. The van der Waals surface area contributed by atoms with Crippen molar-refractivity contribution in [1.29, 1.82) is 0 Å². The van der Waals surface area contributed by atoms with E-state index in [4.69, 9.17) is 9.26 Å². The van der Waals surface area contributed by atoms with Crippen molar-refractivity contribution >= 4 is 11.7 Å². The van der Waals surface area contributed by atoms with Gasteiger partial charge in [0.2, 0.25) is 0 Å². The SMILES string of the molecule is C=C/C=C\C(=C/C)c1ccc(Cc2noc(C([NH3+])CCCCNC(=O)OC(C)(C)C)n2)cc1. The Morgan fingerprint density at radius 2 is 2.00 bits per heavy atom. The molecule has 1 heterocycles. The van der Waals surface area contributed by atoms with E-state index in [0.717, 1.165) is 36.0 Å². The highest BCUT2D eigenvalue weighted by Crippen LogP contribution is 2.19. The highest BCUT2D eigenvalue weighted by atomic mass is 16.6. The molecule has 1 aromatic heterocycles. The Kier molecular flexibility index (Phi) is 10.1. The van der Waals surface area contributed by atoms with Crippen molar-refractivity contribution in [3.63, 3.8) is 0 Å². The number of hydrogen-bond acceptors (Lipinski definition) is 5. The summed E-state index contributed by atoms with van der Waals surface area (Å²) in [6, 6.07) is 8.26. The second-order valence-corrected chi connectivity index (χ2v) is 8.88. The van der Waals surface area contributed by atoms with Crippen LogP contribution in [0.2, 0.25) is 0 Å². The number of aromatic nitrogens is 2. The molecule has 0 fully saturated rings. The van der Waals surface area contributed by atoms with E-state index in [9.17, 15) is 4.79 Å². The summed E-state index contributed by atoms with van der Waals surface area (Å²) >= 11 is 0. The smallest absolute Gasteiger partial charge is 0.407 e. The lowest BCUT2D eigenvalue weighted by Gasteiger charge is -2.19. The first-order valence-electron chi connectivity index (χ1n) is 11.4. The summed E-state index contributed by atoms with van der Waals surface area (Å²) in [5, 5.41) is 6.88. The summed E-state index contributed by atoms with van der Waals surface area (Å²) in [5.74, 6) is 1.20. The first kappa shape index (κ1) is 26.1. The molecule has 1 aromatic carbocycles. The molecular weight excluding hydrogens is 416 g/mol. The van der Waals surface area contributed by atoms with E-state index in [1.165, 1.54) is 0 Å². The normalized spacial score (nSPS) is 13.2. The number of allylic oxidation sites excluding steroid dienone is 5. The molecule has 0 aliphatic heterocycles. The third-order valence-corrected chi connectivity index (χ3v) is 4.85. The molecule has 1 amide bonds. The zero-order chi connectivity index (χ0) is 24.3. The third kappa shape index (κ3) is 9.45. The first-order chi connectivity index (χ1) is 15.7. The topological polar surface area (TPSA) is 105 Å². The fraction of sp³-hybridized carbons (Fsp3) is 0.423. The number of hydrogen-bond donors (Lipinski definition) is 2. The van der Waals surface area contributed by atoms with Crippen LogP contribution in [0.3, 0.4) is 0 Å². The van der Waals surface area contributed by atoms with Gasteiger partial charge in [0.15, 0.2) is 11.9 Å². The number of nitrogens with one attached hydrogen (secondary N) is 1. The molecule has 1 atom stereocenters. The summed E-state index contributed by atoms with van der Waals surface area (Å²) in [7, 11) is 0. The molecule has 178 valence electrons. The zero-order valence-electron chi connectivity index (χ0n) is 20.3. The van der Waals surface area contributed by atoms with Crippen LogP contribution in [0.25, 0.3) is 5.57 Å². The van der Waals surface area contributed by atoms with Crippen LogP contribution in [0.1, 0.15) is 75.8 Å². The summed E-state index contributed by atoms with van der Waals surface area (Å²) in [5.41, 5.74) is 7.06. The molecule has 7 nitrogen and oxygen atoms in total. The second-order valence-electron chi connectivity index (χ2n) is 8.88. The van der Waals surface area contributed by atoms with E-state index in [-0.39, 0.29) is 6.04 Å². The van der Waals surface area contributed by atoms with E-state index >= 15 is 0 Å². The maximum absolute atomic E-state index is 11.7. The van der Waals surface area contributed by atoms with Crippen molar-refractivity contribution in [2.75, 3.05) is 6.54 Å². The maximum Gasteiger partial charge on any atom is 0.407 e. The summed E-state index contributed by atoms with van der Waals surface area (Å²) in [6.07, 6.45) is 10.5. The lowest BCUT2D eigenvalue weighted by molar-refractivity contribution is -0.433. The molecule has 33 heavy (non-hydrogen) atoms. The summed E-state index contributed by atoms with van der Waals surface area (Å²) in [6.45, 7) is 11.8. The molecule has 7 heteroatoms. The van der Waals surface area contributed by atoms with Crippen LogP contribution in [-0.4, -0.2) is 28.4 Å². The number of alkyl carbamates (subject to hydrolysis) is 1. The summed E-state index contributed by atoms with van der Waals surface area (Å²) < 4.78 is 10.7. The van der Waals surface area contributed by atoms with Crippen LogP contribution in [-0.2, 0) is 11.2 Å². The molecule has 1 unspecified atom stereocenters. The minimum atomic E-state index is -0.488. The van der Waals surface area contributed by atoms with Gasteiger partial charge in [0.1, 0.15) is 5.60 Å². The van der Waals surface area contributed by atoms with Gasteiger partial charge < -0.3 is 20.3 Å². The lowest BCUT2D eigenvalue weighted by atomic mass is 10.0. The van der Waals surface area contributed by atoms with Crippen molar-refractivity contribution in [2.45, 2.75) is 65.0 Å². The van der Waals surface area contributed by atoms with Gasteiger partial charge in [0, 0.05) is 19.4 Å². The Morgan fingerprint density at radius 3 is 2.64 bits per heavy atom. The third-order valence-electron chi connectivity index (χ3n) is 4.85. The van der Waals surface area contributed by atoms with E-state index in [0.29, 0.717) is 24.7 Å². The average Bonchev–Trinajstić information content (AvgIpc) is 3.22. The van der Waals surface area contributed by atoms with Gasteiger partial charge >= 0.3 is 6.09 Å². The van der Waals surface area contributed by atoms with Crippen LogP contribution < -0.4 is 11.1 Å². The predicted octanol–water partition coefficient (Wildman–Crippen LogP) is 4.78. The van der Waals surface area contributed by atoms with Gasteiger partial charge in [-0.3, -0.25) is 0 Å². The van der Waals surface area contributed by atoms with Crippen molar-refractivity contribution in [3.8, 4) is 0 Å². The molecule has 0 aliphatic rings. The fourth-order valence-electron chi connectivity index (χ4n) is 3.18. The Bertz CT molecular complexity index is 953. The van der Waals surface area contributed by atoms with Crippen molar-refractivity contribution in [3.05, 3.63) is 78.0 Å². The predicted molar refractivity (Wildman–Crippen MR) is 130 cm³/mol. The molecule has 0 saturated heterocycles. The Hall–Kier alpha value is -3.19. The van der Waals surface area contributed by atoms with E-state index in [1.807, 2.05) is 39.8 Å². The van der Waals surface area contributed by atoms with Gasteiger partial charge in [-0.2, -0.15) is 4.98 Å². The van der Waals surface area contributed by atoms with E-state index < -0.39 is 11.7 Å². The van der Waals surface area contributed by atoms with Gasteiger partial charge in [-0.1, -0.05) is 60.3 Å². The van der Waals surface area contributed by atoms with Crippen molar-refractivity contribution in [1.82, 2.24) is 15.5 Å². The number of benzene rings is 1. The number of rotatable bonds is 11. The number of carbonyl (C=O) groups excluding carboxylic acids is 1. The number of unbranched alkanes of at least 4 members (excludes halogenated alkanes) is 1. The molecular formula is C26H37N4O3+. The quantitative estimate of drug-likeness (QED) is 0.376. The van der Waals surface area contributed by atoms with Crippen LogP contribution in [0, 0.1) is 0 Å². The minimum absolute atomic E-state index is 0.0796. The van der Waals surface area contributed by atoms with Gasteiger partial charge in [0.25, 0.3) is 5.89 Å². The molecule has 2 aromatic rings. The van der Waals surface area contributed by atoms with E-state index in [1.54, 1.807) is 6.08 Å². The monoisotopic (exact) mass is 453 g/mol. The van der Waals surface area contributed by atoms with E-state index in [2.05, 4.69) is 58.1 Å². The number of ether oxygens (including phenoxy) is 1. The number of carbonyl (C=O) groups is 1. The number of amides is 1. The molecule has 0 saturated carbocycles. The van der Waals surface area contributed by atoms with Crippen molar-refractivity contribution in [2.24, 2.45) is 0 Å². The number of nitrogens with zero attached hydrogens (tertiary/aromatic N) is 2. The van der Waals surface area contributed by atoms with Crippen LogP contribution in [0.5, 0.6) is 0 Å². The molecule has 4 N–H and O–H groups in total. The highest BCUT2D eigenvalue weighted by Gasteiger charge is 2.19. The van der Waals surface area contributed by atoms with Gasteiger partial charge in [0.05, 0.1) is 0 Å². The number of quaternary nitrogens is 1. The largest absolute Gasteiger partial charge is 0.444 e. The Labute approximate surface area is 196 Å². The fourth-order valence-corrected chi connectivity index (χ4v) is 3.18. The van der Waals surface area contributed by atoms with Gasteiger partial charge in [-0.25, -0.2) is 4.79 Å². The first-order valence-corrected chi connectivity index (χ1v) is 11.4. The van der Waals surface area contributed by atoms with Gasteiger partial charge in [-0.15, -0.1) is 0 Å². The lowest BCUT2D eigenvalue weighted by Crippen LogP contribution is -2.53. The Morgan fingerprint density at radius 1 is 1.27 bits per heavy atom. The van der Waals surface area contributed by atoms with Gasteiger partial charge in [-0.05, 0) is 57.2 Å². The van der Waals surface area contributed by atoms with Crippen LogP contribution in [0.15, 0.2) is 59.7 Å². The standard InChI is InChI=1S/C26H36N4O3/c1-6-8-11-20(7-2)21-15-13-19(14-16-21)18-23-29-24(33-30-23)22(27)12-9-10-17-28-25(31)32-26(3,4)5/h6-8,11,13-16,22H,1,9-10,12,17-18,27H2,2-5H3,(H,28,31)/p+1/b11-8-,20-7+. The van der Waals surface area contributed by atoms with Crippen LogP contribution >= 0.6 is 0 Å². The Balaban J connectivity index is 1.79. The molecule has 2 rings (SSSR count). The maximum atomic E-state index is 11.7. The van der Waals surface area contributed by atoms with Crippen LogP contribution in [0.4, 0.5) is 4.79 Å². The zero-order valence-corrected chi connectivity index (χ0v) is 20.3. The van der Waals surface area contributed by atoms with Crippen molar-refractivity contribution < 1.29 is 19.8 Å². The minimum Gasteiger partial charge on any atom is -0.444 e. The highest BCUT2D eigenvalue weighted by molar-refractivity contribution is 5.74. The second kappa shape index (κ2) is 12.7. The average molecular weight is 454 g/mol. The molecule has 0 radical (unpaired) electrons. The molecule has 0 aliphatic carbocycles. The molecule has 0 spiro atoms.